The second kappa shape index (κ2) is 13.5. The van der Waals surface area contributed by atoms with Crippen molar-refractivity contribution in [2.45, 2.75) is 113 Å². The third kappa shape index (κ3) is 6.94. The first-order valence-corrected chi connectivity index (χ1v) is 12.4. The molecule has 0 spiro atoms. The maximum atomic E-state index is 12.0. The van der Waals surface area contributed by atoms with E-state index in [0.717, 1.165) is 25.2 Å². The zero-order valence-corrected chi connectivity index (χ0v) is 19.5. The van der Waals surface area contributed by atoms with E-state index in [2.05, 4.69) is 0 Å². The molecular formula is C23H40O11. The zero-order valence-electron chi connectivity index (χ0n) is 19.5. The second-order valence-electron chi connectivity index (χ2n) is 9.55. The molecule has 11 nitrogen and oxygen atoms in total. The highest BCUT2D eigenvalue weighted by atomic mass is 16.7. The van der Waals surface area contributed by atoms with E-state index >= 15 is 0 Å². The van der Waals surface area contributed by atoms with Crippen LogP contribution in [0.3, 0.4) is 0 Å². The molecule has 198 valence electrons. The largest absolute Gasteiger partial charge is 0.394 e. The summed E-state index contributed by atoms with van der Waals surface area (Å²) in [5.41, 5.74) is 0. The Morgan fingerprint density at radius 1 is 0.794 bits per heavy atom. The minimum Gasteiger partial charge on any atom is -0.394 e. The number of ether oxygens (including phenoxy) is 4. The molecule has 1 saturated carbocycles. The fourth-order valence-corrected chi connectivity index (χ4v) is 4.96. The molecule has 34 heavy (non-hydrogen) atoms. The molecule has 2 saturated heterocycles. The van der Waals surface area contributed by atoms with Crippen LogP contribution in [-0.2, 0) is 23.7 Å². The van der Waals surface area contributed by atoms with E-state index in [1.54, 1.807) is 0 Å². The number of carbonyl (C=O) groups excluding carboxylic acids is 1. The molecule has 3 fully saturated rings. The Morgan fingerprint density at radius 3 is 2.15 bits per heavy atom. The standard InChI is InChI=1S/C23H40O11/c24-11-14-16(26)17(27)19(29)23(32-14)34-21-15(12-25)33-22(20(30)18(21)28)31-10-6-2-5-9-13-7-3-1-4-8-13/h13-16,18-26,28-30H,1-12H2/t14-,15-,16-,18-,19-,20-,21-,22-,23-/m1/s1. The Labute approximate surface area is 199 Å². The van der Waals surface area contributed by atoms with Gasteiger partial charge in [-0.2, -0.15) is 0 Å². The molecular weight excluding hydrogens is 452 g/mol. The maximum Gasteiger partial charge on any atom is 0.197 e. The number of aliphatic hydroxyl groups excluding tert-OH is 6. The summed E-state index contributed by atoms with van der Waals surface area (Å²) in [6.45, 7) is -0.984. The van der Waals surface area contributed by atoms with E-state index in [1.165, 1.54) is 38.5 Å². The highest BCUT2D eigenvalue weighted by Gasteiger charge is 2.50. The van der Waals surface area contributed by atoms with Crippen molar-refractivity contribution in [2.24, 2.45) is 5.92 Å². The van der Waals surface area contributed by atoms with Gasteiger partial charge in [0.15, 0.2) is 24.5 Å². The maximum absolute atomic E-state index is 12.0. The smallest absolute Gasteiger partial charge is 0.197 e. The topological polar surface area (TPSA) is 175 Å². The number of ketones is 1. The fourth-order valence-electron chi connectivity index (χ4n) is 4.96. The molecule has 0 unspecified atom stereocenters. The number of hydrogen-bond acceptors (Lipinski definition) is 11. The Kier molecular flexibility index (Phi) is 11.1. The summed E-state index contributed by atoms with van der Waals surface area (Å²) in [5, 5.41) is 59.9. The highest BCUT2D eigenvalue weighted by molar-refractivity contribution is 5.88. The predicted octanol–water partition coefficient (Wildman–Crippen LogP) is -1.02. The van der Waals surface area contributed by atoms with E-state index in [9.17, 15) is 35.4 Å². The number of unbranched alkanes of at least 4 members (excludes halogenated alkanes) is 2. The molecule has 0 aromatic rings. The van der Waals surface area contributed by atoms with Gasteiger partial charge >= 0.3 is 0 Å². The molecule has 0 amide bonds. The first-order valence-electron chi connectivity index (χ1n) is 12.4. The number of aliphatic hydroxyl groups is 6. The molecule has 1 aliphatic carbocycles. The summed E-state index contributed by atoms with van der Waals surface area (Å²) in [6.07, 6.45) is -2.61. The Morgan fingerprint density at radius 2 is 1.47 bits per heavy atom. The zero-order chi connectivity index (χ0) is 24.7. The molecule has 3 rings (SSSR count). The van der Waals surface area contributed by atoms with Crippen LogP contribution in [-0.4, -0.2) is 112 Å². The lowest BCUT2D eigenvalue weighted by Crippen LogP contribution is -2.63. The van der Waals surface area contributed by atoms with Crippen molar-refractivity contribution in [1.29, 1.82) is 0 Å². The molecule has 0 radical (unpaired) electrons. The van der Waals surface area contributed by atoms with Crippen LogP contribution in [0.5, 0.6) is 0 Å². The predicted molar refractivity (Wildman–Crippen MR) is 116 cm³/mol. The molecule has 2 heterocycles. The van der Waals surface area contributed by atoms with Gasteiger partial charge in [0.2, 0.25) is 0 Å². The van der Waals surface area contributed by atoms with Crippen molar-refractivity contribution in [3.05, 3.63) is 0 Å². The average Bonchev–Trinajstić information content (AvgIpc) is 2.85. The van der Waals surface area contributed by atoms with Crippen LogP contribution in [0.4, 0.5) is 0 Å². The molecule has 6 N–H and O–H groups in total. The lowest BCUT2D eigenvalue weighted by molar-refractivity contribution is -0.343. The summed E-state index contributed by atoms with van der Waals surface area (Å²) >= 11 is 0. The molecule has 0 aromatic heterocycles. The SMILES string of the molecule is O=C1[C@@H](O)[C@@H](O[C@H]2[C@H](O)[C@@H](O)[C@H](OCCCCCC3CCCCC3)O[C@@H]2CO)O[C@H](CO)[C@H]1O. The first-order chi connectivity index (χ1) is 16.4. The van der Waals surface area contributed by atoms with E-state index in [4.69, 9.17) is 18.9 Å². The summed E-state index contributed by atoms with van der Waals surface area (Å²) in [6, 6.07) is 0. The first kappa shape index (κ1) is 27.9. The van der Waals surface area contributed by atoms with Crippen LogP contribution in [0.25, 0.3) is 0 Å². The number of rotatable bonds is 11. The Bertz CT molecular complexity index is 612. The minimum atomic E-state index is -1.89. The molecule has 0 aromatic carbocycles. The lowest BCUT2D eigenvalue weighted by Gasteiger charge is -2.44. The van der Waals surface area contributed by atoms with Crippen LogP contribution in [0, 0.1) is 5.92 Å². The van der Waals surface area contributed by atoms with E-state index in [-0.39, 0.29) is 0 Å². The number of hydrogen-bond donors (Lipinski definition) is 6. The Hall–Kier alpha value is -0.730. The quantitative estimate of drug-likeness (QED) is 0.195. The summed E-state index contributed by atoms with van der Waals surface area (Å²) < 4.78 is 21.9. The summed E-state index contributed by atoms with van der Waals surface area (Å²) in [5.74, 6) is -0.180. The van der Waals surface area contributed by atoms with Crippen molar-refractivity contribution >= 4 is 5.78 Å². The van der Waals surface area contributed by atoms with Crippen molar-refractivity contribution in [3.8, 4) is 0 Å². The normalized spacial score (nSPS) is 39.9. The van der Waals surface area contributed by atoms with E-state index < -0.39 is 74.3 Å². The van der Waals surface area contributed by atoms with Gasteiger partial charge in [0.05, 0.1) is 13.2 Å². The van der Waals surface area contributed by atoms with Crippen LogP contribution >= 0.6 is 0 Å². The summed E-state index contributed by atoms with van der Waals surface area (Å²) in [4.78, 5) is 12.0. The van der Waals surface area contributed by atoms with Gasteiger partial charge in [-0.3, -0.25) is 4.79 Å². The summed E-state index contributed by atoms with van der Waals surface area (Å²) in [7, 11) is 0. The van der Waals surface area contributed by atoms with Gasteiger partial charge in [-0.15, -0.1) is 0 Å². The van der Waals surface area contributed by atoms with Crippen LogP contribution < -0.4 is 0 Å². The third-order valence-corrected chi connectivity index (χ3v) is 7.06. The fraction of sp³-hybridized carbons (Fsp3) is 0.957. The molecule has 11 heteroatoms. The second-order valence-corrected chi connectivity index (χ2v) is 9.55. The highest BCUT2D eigenvalue weighted by Crippen LogP contribution is 2.30. The van der Waals surface area contributed by atoms with Crippen LogP contribution in [0.2, 0.25) is 0 Å². The van der Waals surface area contributed by atoms with Crippen molar-refractivity contribution < 1.29 is 54.4 Å². The van der Waals surface area contributed by atoms with Gasteiger partial charge in [0.1, 0.15) is 36.6 Å². The third-order valence-electron chi connectivity index (χ3n) is 7.06. The monoisotopic (exact) mass is 492 g/mol. The van der Waals surface area contributed by atoms with Gasteiger partial charge < -0.3 is 49.6 Å². The van der Waals surface area contributed by atoms with Crippen molar-refractivity contribution in [3.63, 3.8) is 0 Å². The molecule has 3 aliphatic rings. The molecule has 2 aliphatic heterocycles. The van der Waals surface area contributed by atoms with Gasteiger partial charge in [-0.25, -0.2) is 0 Å². The van der Waals surface area contributed by atoms with Crippen LogP contribution in [0.1, 0.15) is 57.8 Å². The van der Waals surface area contributed by atoms with Gasteiger partial charge in [0.25, 0.3) is 0 Å². The van der Waals surface area contributed by atoms with E-state index in [0.29, 0.717) is 6.61 Å². The van der Waals surface area contributed by atoms with Gasteiger partial charge in [0, 0.05) is 6.61 Å². The molecule has 9 atom stereocenters. The number of Topliss-reactive ketones (excluding diaryl/α,β-unsaturated/α-hetero) is 1. The Balaban J connectivity index is 1.45. The minimum absolute atomic E-state index is 0.317. The van der Waals surface area contributed by atoms with Gasteiger partial charge in [-0.05, 0) is 12.3 Å². The lowest BCUT2D eigenvalue weighted by atomic mass is 9.86. The van der Waals surface area contributed by atoms with Crippen LogP contribution in [0.15, 0.2) is 0 Å². The van der Waals surface area contributed by atoms with Crippen molar-refractivity contribution in [1.82, 2.24) is 0 Å². The molecule has 0 bridgehead atoms. The number of carbonyl (C=O) groups is 1. The van der Waals surface area contributed by atoms with E-state index in [1.807, 2.05) is 0 Å². The van der Waals surface area contributed by atoms with Crippen molar-refractivity contribution in [2.75, 3.05) is 19.8 Å². The average molecular weight is 493 g/mol. The van der Waals surface area contributed by atoms with Gasteiger partial charge in [-0.1, -0.05) is 51.4 Å².